The molecule has 1 unspecified atom stereocenters. The summed E-state index contributed by atoms with van der Waals surface area (Å²) < 4.78 is 0. The second kappa shape index (κ2) is 3.32. The van der Waals surface area contributed by atoms with Crippen LogP contribution in [-0.4, -0.2) is 4.92 Å². The molecule has 0 aliphatic heterocycles. The van der Waals surface area contributed by atoms with E-state index in [9.17, 15) is 10.1 Å². The second-order valence-corrected chi connectivity index (χ2v) is 2.57. The largest absolute Gasteiger partial charge is 0.269 e. The zero-order valence-corrected chi connectivity index (χ0v) is 6.65. The van der Waals surface area contributed by atoms with Crippen LogP contribution in [-0.2, 0) is 0 Å². The van der Waals surface area contributed by atoms with Gasteiger partial charge in [0.1, 0.15) is 0 Å². The molecule has 0 aliphatic carbocycles. The molecule has 0 aromatic heterocycles. The first-order valence-corrected chi connectivity index (χ1v) is 3.56. The summed E-state index contributed by atoms with van der Waals surface area (Å²) in [6.07, 6.45) is 0. The van der Waals surface area contributed by atoms with Crippen LogP contribution in [0.1, 0.15) is 18.5 Å². The van der Waals surface area contributed by atoms with Gasteiger partial charge in [0.05, 0.1) is 4.92 Å². The molecule has 1 rings (SSSR count). The van der Waals surface area contributed by atoms with E-state index in [1.807, 2.05) is 0 Å². The van der Waals surface area contributed by atoms with Gasteiger partial charge in [-0.2, -0.15) is 0 Å². The van der Waals surface area contributed by atoms with Crippen LogP contribution >= 0.6 is 0 Å². The van der Waals surface area contributed by atoms with E-state index in [2.05, 4.69) is 0 Å². The molecule has 1 radical (unpaired) electrons. The molecule has 0 saturated carbocycles. The van der Waals surface area contributed by atoms with E-state index in [1.54, 1.807) is 19.1 Å². The third-order valence-corrected chi connectivity index (χ3v) is 1.60. The fourth-order valence-electron chi connectivity index (χ4n) is 0.885. The quantitative estimate of drug-likeness (QED) is 0.496. The Labute approximate surface area is 70.2 Å². The van der Waals surface area contributed by atoms with Gasteiger partial charge in [0.15, 0.2) is 0 Å². The van der Waals surface area contributed by atoms with Crippen LogP contribution < -0.4 is 5.73 Å². The zero-order valence-electron chi connectivity index (χ0n) is 6.65. The van der Waals surface area contributed by atoms with Crippen LogP contribution in [0.4, 0.5) is 5.69 Å². The van der Waals surface area contributed by atoms with Crippen molar-refractivity contribution in [1.82, 2.24) is 5.73 Å². The van der Waals surface area contributed by atoms with Crippen LogP contribution in [0.25, 0.3) is 0 Å². The average Bonchev–Trinajstić information content (AvgIpc) is 2.04. The molecule has 4 heteroatoms. The molecular formula is C8H9N2O2. The maximum atomic E-state index is 10.2. The summed E-state index contributed by atoms with van der Waals surface area (Å²) in [7, 11) is 0. The Morgan fingerprint density at radius 1 is 1.42 bits per heavy atom. The molecule has 0 fully saturated rings. The van der Waals surface area contributed by atoms with Crippen LogP contribution in [0.3, 0.4) is 0 Å². The normalized spacial score (nSPS) is 12.5. The summed E-state index contributed by atoms with van der Waals surface area (Å²) >= 11 is 0. The Hall–Kier alpha value is -1.42. The summed E-state index contributed by atoms with van der Waals surface area (Å²) in [6, 6.07) is 5.72. The van der Waals surface area contributed by atoms with Crippen molar-refractivity contribution in [2.75, 3.05) is 0 Å². The van der Waals surface area contributed by atoms with Gasteiger partial charge in [-0.15, -0.1) is 0 Å². The SMILES string of the molecule is CC([NH])c1ccc([N+](=O)[O-])cc1. The molecule has 0 heterocycles. The third kappa shape index (κ3) is 1.79. The Morgan fingerprint density at radius 2 is 1.92 bits per heavy atom. The van der Waals surface area contributed by atoms with E-state index >= 15 is 0 Å². The van der Waals surface area contributed by atoms with Gasteiger partial charge in [0.25, 0.3) is 5.69 Å². The van der Waals surface area contributed by atoms with Gasteiger partial charge in [0, 0.05) is 18.2 Å². The lowest BCUT2D eigenvalue weighted by Crippen LogP contribution is -1.93. The van der Waals surface area contributed by atoms with Crippen molar-refractivity contribution in [3.63, 3.8) is 0 Å². The first-order valence-electron chi connectivity index (χ1n) is 3.56. The molecule has 63 valence electrons. The maximum absolute atomic E-state index is 10.2. The predicted molar refractivity (Wildman–Crippen MR) is 44.6 cm³/mol. The minimum Gasteiger partial charge on any atom is -0.258 e. The van der Waals surface area contributed by atoms with Gasteiger partial charge >= 0.3 is 0 Å². The highest BCUT2D eigenvalue weighted by Crippen LogP contribution is 2.16. The lowest BCUT2D eigenvalue weighted by Gasteiger charge is -2.01. The summed E-state index contributed by atoms with van der Waals surface area (Å²) in [5.74, 6) is 0. The van der Waals surface area contributed by atoms with Crippen molar-refractivity contribution in [2.24, 2.45) is 0 Å². The highest BCUT2D eigenvalue weighted by molar-refractivity contribution is 5.33. The van der Waals surface area contributed by atoms with Crippen LogP contribution in [0.2, 0.25) is 0 Å². The average molecular weight is 165 g/mol. The molecule has 1 N–H and O–H groups in total. The lowest BCUT2D eigenvalue weighted by atomic mass is 10.1. The molecule has 0 bridgehead atoms. The van der Waals surface area contributed by atoms with Crippen molar-refractivity contribution in [2.45, 2.75) is 13.0 Å². The molecule has 0 spiro atoms. The summed E-state index contributed by atoms with van der Waals surface area (Å²) in [5.41, 5.74) is 8.19. The highest BCUT2D eigenvalue weighted by atomic mass is 16.6. The minimum atomic E-state index is -0.446. The van der Waals surface area contributed by atoms with E-state index in [0.717, 1.165) is 5.56 Å². The molecule has 0 saturated heterocycles. The summed E-state index contributed by atoms with van der Waals surface area (Å²) in [4.78, 5) is 9.79. The molecule has 12 heavy (non-hydrogen) atoms. The second-order valence-electron chi connectivity index (χ2n) is 2.57. The molecule has 1 aromatic carbocycles. The fraction of sp³-hybridized carbons (Fsp3) is 0.250. The van der Waals surface area contributed by atoms with Crippen molar-refractivity contribution < 1.29 is 4.92 Å². The van der Waals surface area contributed by atoms with Gasteiger partial charge < -0.3 is 0 Å². The first kappa shape index (κ1) is 8.67. The molecule has 0 amide bonds. The van der Waals surface area contributed by atoms with E-state index < -0.39 is 4.92 Å². The van der Waals surface area contributed by atoms with Crippen LogP contribution in [0, 0.1) is 10.1 Å². The highest BCUT2D eigenvalue weighted by Gasteiger charge is 2.05. The van der Waals surface area contributed by atoms with Crippen molar-refractivity contribution in [3.8, 4) is 0 Å². The van der Waals surface area contributed by atoms with Gasteiger partial charge in [-0.1, -0.05) is 12.1 Å². The minimum absolute atomic E-state index is 0.0689. The van der Waals surface area contributed by atoms with Gasteiger partial charge in [-0.25, -0.2) is 0 Å². The first-order chi connectivity index (χ1) is 5.61. The van der Waals surface area contributed by atoms with Gasteiger partial charge in [-0.3, -0.25) is 15.8 Å². The van der Waals surface area contributed by atoms with Crippen LogP contribution in [0.15, 0.2) is 24.3 Å². The summed E-state index contributed by atoms with van der Waals surface area (Å²) in [6.45, 7) is 1.72. The number of nitrogens with zero attached hydrogens (tertiary/aromatic N) is 1. The Balaban J connectivity index is 2.93. The number of nitrogens with one attached hydrogen (secondary N) is 1. The topological polar surface area (TPSA) is 66.9 Å². The van der Waals surface area contributed by atoms with E-state index in [0.29, 0.717) is 0 Å². The molecule has 0 aliphatic rings. The number of benzene rings is 1. The standard InChI is InChI=1S/C8H9N2O2/c1-6(9)7-2-4-8(5-3-7)10(11)12/h2-6,9H,1H3. The molecule has 1 aromatic rings. The molecule has 1 atom stereocenters. The number of nitro benzene ring substituents is 1. The predicted octanol–water partition coefficient (Wildman–Crippen LogP) is 1.94. The monoisotopic (exact) mass is 165 g/mol. The number of hydrogen-bond acceptors (Lipinski definition) is 2. The Kier molecular flexibility index (Phi) is 2.40. The lowest BCUT2D eigenvalue weighted by molar-refractivity contribution is -0.384. The molecule has 4 nitrogen and oxygen atoms in total. The fourth-order valence-corrected chi connectivity index (χ4v) is 0.885. The Bertz CT molecular complexity index is 280. The van der Waals surface area contributed by atoms with Gasteiger partial charge in [-0.05, 0) is 12.5 Å². The van der Waals surface area contributed by atoms with Crippen molar-refractivity contribution in [1.29, 1.82) is 0 Å². The smallest absolute Gasteiger partial charge is 0.258 e. The maximum Gasteiger partial charge on any atom is 0.269 e. The van der Waals surface area contributed by atoms with Crippen LogP contribution in [0.5, 0.6) is 0 Å². The number of rotatable bonds is 2. The van der Waals surface area contributed by atoms with Gasteiger partial charge in [0.2, 0.25) is 0 Å². The van der Waals surface area contributed by atoms with Crippen molar-refractivity contribution in [3.05, 3.63) is 39.9 Å². The van der Waals surface area contributed by atoms with Crippen molar-refractivity contribution >= 4 is 5.69 Å². The third-order valence-electron chi connectivity index (χ3n) is 1.60. The molecular weight excluding hydrogens is 156 g/mol. The number of hydrogen-bond donors (Lipinski definition) is 0. The van der Waals surface area contributed by atoms with E-state index in [4.69, 9.17) is 5.73 Å². The number of non-ortho nitro benzene ring substituents is 1. The Morgan fingerprint density at radius 3 is 2.25 bits per heavy atom. The number of nitro groups is 1. The zero-order chi connectivity index (χ0) is 9.14. The summed E-state index contributed by atoms with van der Waals surface area (Å²) in [5, 5.41) is 10.2. The van der Waals surface area contributed by atoms with E-state index in [1.165, 1.54) is 12.1 Å². The van der Waals surface area contributed by atoms with E-state index in [-0.39, 0.29) is 11.7 Å².